The lowest BCUT2D eigenvalue weighted by Gasteiger charge is -1.96. The third kappa shape index (κ3) is 15.8. The number of hydrogen-bond acceptors (Lipinski definition) is 5. The minimum atomic E-state index is -0.645. The largest absolute Gasteiger partial charge is 0.396 e. The van der Waals surface area contributed by atoms with Gasteiger partial charge in [-0.15, -0.1) is 0 Å². The zero-order chi connectivity index (χ0) is 8.41. The topological polar surface area (TPSA) is 60.7 Å². The van der Waals surface area contributed by atoms with Crippen LogP contribution in [0.4, 0.5) is 0 Å². The molecule has 5 heteroatoms. The average molecular weight is 186 g/mol. The van der Waals surface area contributed by atoms with E-state index < -0.39 is 6.10 Å². The Kier molecular flexibility index (Phi) is 16.2. The Morgan fingerprint density at radius 3 is 1.60 bits per heavy atom. The lowest BCUT2D eigenvalue weighted by molar-refractivity contribution is 0.114. The number of hydrogen-bond donors (Lipinski definition) is 5. The molecule has 0 amide bonds. The summed E-state index contributed by atoms with van der Waals surface area (Å²) in [6.45, 7) is -0.00733. The van der Waals surface area contributed by atoms with Crippen molar-refractivity contribution in [3.05, 3.63) is 0 Å². The maximum atomic E-state index is 8.34. The van der Waals surface area contributed by atoms with Crippen molar-refractivity contribution in [1.29, 1.82) is 0 Å². The minimum Gasteiger partial charge on any atom is -0.396 e. The summed E-state index contributed by atoms with van der Waals surface area (Å²) in [6, 6.07) is 0. The molecular formula is C5H14O3S2. The van der Waals surface area contributed by atoms with E-state index in [1.807, 2.05) is 0 Å². The van der Waals surface area contributed by atoms with Gasteiger partial charge in [-0.25, -0.2) is 0 Å². The van der Waals surface area contributed by atoms with Gasteiger partial charge in [0.25, 0.3) is 0 Å². The first-order valence-electron chi connectivity index (χ1n) is 2.84. The third-order valence-electron chi connectivity index (χ3n) is 0.521. The second-order valence-electron chi connectivity index (χ2n) is 1.47. The Morgan fingerprint density at radius 1 is 1.20 bits per heavy atom. The van der Waals surface area contributed by atoms with Crippen LogP contribution in [0.1, 0.15) is 0 Å². The minimum absolute atomic E-state index is 0.184. The molecule has 3 nitrogen and oxygen atoms in total. The second-order valence-corrected chi connectivity index (χ2v) is 2.28. The molecule has 0 bridgehead atoms. The van der Waals surface area contributed by atoms with Crippen molar-refractivity contribution in [1.82, 2.24) is 0 Å². The zero-order valence-corrected chi connectivity index (χ0v) is 7.43. The zero-order valence-electron chi connectivity index (χ0n) is 5.64. The van der Waals surface area contributed by atoms with E-state index in [1.54, 1.807) is 0 Å². The molecule has 1 unspecified atom stereocenters. The SMILES string of the molecule is OCC(O)CS.OCCS. The van der Waals surface area contributed by atoms with Crippen LogP contribution < -0.4 is 0 Å². The molecule has 0 saturated carbocycles. The van der Waals surface area contributed by atoms with Gasteiger partial charge in [0, 0.05) is 11.5 Å². The van der Waals surface area contributed by atoms with E-state index >= 15 is 0 Å². The highest BCUT2D eigenvalue weighted by molar-refractivity contribution is 7.80. The molecule has 0 aliphatic heterocycles. The van der Waals surface area contributed by atoms with Gasteiger partial charge < -0.3 is 15.3 Å². The molecule has 0 radical (unpaired) electrons. The number of aliphatic hydroxyl groups is 3. The van der Waals surface area contributed by atoms with E-state index in [9.17, 15) is 0 Å². The lowest BCUT2D eigenvalue weighted by atomic mass is 10.4. The third-order valence-corrected chi connectivity index (χ3v) is 1.14. The molecule has 3 N–H and O–H groups in total. The molecule has 0 fully saturated rings. The quantitative estimate of drug-likeness (QED) is 0.374. The summed E-state index contributed by atoms with van der Waals surface area (Å²) in [5, 5.41) is 24.2. The Balaban J connectivity index is 0. The fourth-order valence-electron chi connectivity index (χ4n) is 0.0577. The highest BCUT2D eigenvalue weighted by atomic mass is 32.1. The van der Waals surface area contributed by atoms with Crippen molar-refractivity contribution >= 4 is 25.3 Å². The van der Waals surface area contributed by atoms with Crippen molar-refractivity contribution < 1.29 is 15.3 Å². The smallest absolute Gasteiger partial charge is 0.0858 e. The summed E-state index contributed by atoms with van der Waals surface area (Å²) in [5.41, 5.74) is 0. The molecule has 10 heavy (non-hydrogen) atoms. The maximum Gasteiger partial charge on any atom is 0.0858 e. The number of rotatable bonds is 3. The first-order chi connectivity index (χ1) is 4.72. The number of thiol groups is 2. The summed E-state index contributed by atoms with van der Waals surface area (Å²) in [7, 11) is 0. The van der Waals surface area contributed by atoms with E-state index in [0.717, 1.165) is 0 Å². The van der Waals surface area contributed by atoms with E-state index in [2.05, 4.69) is 25.3 Å². The van der Waals surface area contributed by atoms with E-state index in [1.165, 1.54) is 0 Å². The lowest BCUT2D eigenvalue weighted by Crippen LogP contribution is -2.12. The summed E-state index contributed by atoms with van der Waals surface area (Å²) in [5.74, 6) is 0.899. The van der Waals surface area contributed by atoms with Crippen LogP contribution in [0.2, 0.25) is 0 Å². The van der Waals surface area contributed by atoms with Gasteiger partial charge in [0.2, 0.25) is 0 Å². The normalized spacial score (nSPS) is 11.7. The van der Waals surface area contributed by atoms with Crippen molar-refractivity contribution in [2.45, 2.75) is 6.10 Å². The average Bonchev–Trinajstić information content (AvgIpc) is 2.03. The molecule has 0 rings (SSSR count). The van der Waals surface area contributed by atoms with Gasteiger partial charge >= 0.3 is 0 Å². The number of aliphatic hydroxyl groups excluding tert-OH is 3. The van der Waals surface area contributed by atoms with Crippen LogP contribution in [0.5, 0.6) is 0 Å². The Morgan fingerprint density at radius 2 is 1.60 bits per heavy atom. The molecule has 0 aromatic carbocycles. The second kappa shape index (κ2) is 12.3. The van der Waals surface area contributed by atoms with Crippen molar-refractivity contribution in [3.63, 3.8) is 0 Å². The monoisotopic (exact) mass is 186 g/mol. The van der Waals surface area contributed by atoms with Crippen LogP contribution >= 0.6 is 25.3 Å². The molecule has 0 aromatic rings. The highest BCUT2D eigenvalue weighted by Crippen LogP contribution is 1.81. The first-order valence-corrected chi connectivity index (χ1v) is 4.10. The summed E-state index contributed by atoms with van der Waals surface area (Å²) in [4.78, 5) is 0. The molecular weight excluding hydrogens is 172 g/mol. The van der Waals surface area contributed by atoms with Crippen LogP contribution in [-0.4, -0.2) is 46.1 Å². The van der Waals surface area contributed by atoms with Gasteiger partial charge in [0.1, 0.15) is 0 Å². The molecule has 1 atom stereocenters. The van der Waals surface area contributed by atoms with Gasteiger partial charge in [-0.1, -0.05) is 0 Å². The summed E-state index contributed by atoms with van der Waals surface area (Å²) >= 11 is 7.36. The Hall–Kier alpha value is 0.580. The Bertz CT molecular complexity index is 48.2. The predicted octanol–water partition coefficient (Wildman–Crippen LogP) is -0.822. The van der Waals surface area contributed by atoms with Crippen LogP contribution in [-0.2, 0) is 0 Å². The van der Waals surface area contributed by atoms with Gasteiger partial charge in [-0.2, -0.15) is 25.3 Å². The molecule has 64 valence electrons. The molecule has 0 saturated heterocycles. The first kappa shape index (κ1) is 13.2. The standard InChI is InChI=1S/C3H8O2S.C2H6OS/c4-1-3(5)2-6;3-1-2-4/h3-6H,1-2H2;3-4H,1-2H2. The van der Waals surface area contributed by atoms with E-state index in [4.69, 9.17) is 15.3 Å². The van der Waals surface area contributed by atoms with Crippen molar-refractivity contribution in [2.24, 2.45) is 0 Å². The van der Waals surface area contributed by atoms with Crippen molar-refractivity contribution in [2.75, 3.05) is 24.7 Å². The maximum absolute atomic E-state index is 8.34. The van der Waals surface area contributed by atoms with Gasteiger partial charge in [0.05, 0.1) is 19.3 Å². The molecule has 0 heterocycles. The molecule has 0 aliphatic carbocycles. The molecule has 0 aliphatic rings. The van der Waals surface area contributed by atoms with Crippen LogP contribution in [0.25, 0.3) is 0 Å². The fourth-order valence-corrected chi connectivity index (χ4v) is 0.173. The van der Waals surface area contributed by atoms with Gasteiger partial charge in [-0.3, -0.25) is 0 Å². The summed E-state index contributed by atoms with van der Waals surface area (Å²) in [6.07, 6.45) is -0.645. The fraction of sp³-hybridized carbons (Fsp3) is 1.00. The van der Waals surface area contributed by atoms with Crippen LogP contribution in [0.15, 0.2) is 0 Å². The van der Waals surface area contributed by atoms with Crippen LogP contribution in [0.3, 0.4) is 0 Å². The van der Waals surface area contributed by atoms with E-state index in [0.29, 0.717) is 11.5 Å². The van der Waals surface area contributed by atoms with Gasteiger partial charge in [0.15, 0.2) is 0 Å². The summed E-state index contributed by atoms with van der Waals surface area (Å²) < 4.78 is 0. The van der Waals surface area contributed by atoms with Crippen molar-refractivity contribution in [3.8, 4) is 0 Å². The highest BCUT2D eigenvalue weighted by Gasteiger charge is 1.92. The molecule has 0 aromatic heterocycles. The predicted molar refractivity (Wildman–Crippen MR) is 47.9 cm³/mol. The Labute approximate surface area is 71.9 Å². The molecule has 0 spiro atoms. The van der Waals surface area contributed by atoms with Gasteiger partial charge in [-0.05, 0) is 0 Å². The van der Waals surface area contributed by atoms with Crippen LogP contribution in [0, 0.1) is 0 Å². The van der Waals surface area contributed by atoms with E-state index in [-0.39, 0.29) is 13.2 Å².